The maximum absolute atomic E-state index is 6.24. The van der Waals surface area contributed by atoms with Crippen LogP contribution >= 0.6 is 11.6 Å². The fraction of sp³-hybridized carbons (Fsp3) is 1.00. The molecule has 0 bridgehead atoms. The van der Waals surface area contributed by atoms with Crippen molar-refractivity contribution < 1.29 is 4.74 Å². The van der Waals surface area contributed by atoms with Gasteiger partial charge in [0.05, 0.1) is 11.5 Å². The van der Waals surface area contributed by atoms with Crippen LogP contribution in [0.2, 0.25) is 0 Å². The molecule has 0 amide bonds. The van der Waals surface area contributed by atoms with Crippen molar-refractivity contribution in [3.63, 3.8) is 0 Å². The van der Waals surface area contributed by atoms with Crippen molar-refractivity contribution in [3.8, 4) is 0 Å². The molecule has 1 heterocycles. The Morgan fingerprint density at radius 2 is 2.07 bits per heavy atom. The van der Waals surface area contributed by atoms with E-state index in [0.717, 1.165) is 13.1 Å². The van der Waals surface area contributed by atoms with Crippen LogP contribution in [-0.4, -0.2) is 42.6 Å². The molecule has 2 nitrogen and oxygen atoms in total. The summed E-state index contributed by atoms with van der Waals surface area (Å²) >= 11 is 6.24. The maximum atomic E-state index is 6.24. The molecule has 0 aromatic rings. The second-order valence-electron chi connectivity index (χ2n) is 4.72. The van der Waals surface area contributed by atoms with Gasteiger partial charge in [-0.15, -0.1) is 11.6 Å². The summed E-state index contributed by atoms with van der Waals surface area (Å²) in [6, 6.07) is 0.631. The van der Waals surface area contributed by atoms with E-state index in [-0.39, 0.29) is 0 Å². The summed E-state index contributed by atoms with van der Waals surface area (Å²) in [5, 5.41) is 0.341. The average molecular weight is 218 g/mol. The van der Waals surface area contributed by atoms with Gasteiger partial charge >= 0.3 is 0 Å². The van der Waals surface area contributed by atoms with Crippen molar-refractivity contribution in [1.29, 1.82) is 0 Å². The third kappa shape index (κ3) is 1.93. The first-order chi connectivity index (χ1) is 6.72. The highest BCUT2D eigenvalue weighted by molar-refractivity contribution is 6.21. The lowest BCUT2D eigenvalue weighted by atomic mass is 10.1. The van der Waals surface area contributed by atoms with Gasteiger partial charge in [0.2, 0.25) is 0 Å². The smallest absolute Gasteiger partial charge is 0.0726 e. The van der Waals surface area contributed by atoms with Crippen LogP contribution in [0.5, 0.6) is 0 Å². The Hall–Kier alpha value is 0.210. The number of likely N-dealkylation sites (tertiary alicyclic amines) is 1. The van der Waals surface area contributed by atoms with Crippen LogP contribution < -0.4 is 0 Å². The lowest BCUT2D eigenvalue weighted by molar-refractivity contribution is 0.0412. The second-order valence-corrected chi connectivity index (χ2v) is 5.28. The van der Waals surface area contributed by atoms with Crippen molar-refractivity contribution in [2.24, 2.45) is 5.92 Å². The van der Waals surface area contributed by atoms with Gasteiger partial charge in [-0.1, -0.05) is 6.92 Å². The summed E-state index contributed by atoms with van der Waals surface area (Å²) in [5.41, 5.74) is 0. The monoisotopic (exact) mass is 217 g/mol. The van der Waals surface area contributed by atoms with E-state index in [1.54, 1.807) is 0 Å². The van der Waals surface area contributed by atoms with Crippen molar-refractivity contribution in [1.82, 2.24) is 4.90 Å². The summed E-state index contributed by atoms with van der Waals surface area (Å²) in [7, 11) is 1.83. The normalized spacial score (nSPS) is 44.8. The van der Waals surface area contributed by atoms with Gasteiger partial charge in [0.25, 0.3) is 0 Å². The van der Waals surface area contributed by atoms with E-state index in [0.29, 0.717) is 23.4 Å². The topological polar surface area (TPSA) is 12.5 Å². The Bertz CT molecular complexity index is 190. The lowest BCUT2D eigenvalue weighted by Gasteiger charge is -2.28. The lowest BCUT2D eigenvalue weighted by Crippen LogP contribution is -2.40. The molecule has 0 radical (unpaired) electrons. The van der Waals surface area contributed by atoms with Gasteiger partial charge in [-0.3, -0.25) is 4.90 Å². The van der Waals surface area contributed by atoms with E-state index >= 15 is 0 Å². The molecule has 0 aromatic carbocycles. The van der Waals surface area contributed by atoms with Crippen molar-refractivity contribution >= 4 is 11.6 Å². The first-order valence-electron chi connectivity index (χ1n) is 5.63. The Morgan fingerprint density at radius 1 is 1.29 bits per heavy atom. The highest BCUT2D eigenvalue weighted by Crippen LogP contribution is 2.31. The zero-order chi connectivity index (χ0) is 10.1. The Morgan fingerprint density at radius 3 is 2.64 bits per heavy atom. The fourth-order valence-corrected chi connectivity index (χ4v) is 3.09. The quantitative estimate of drug-likeness (QED) is 0.657. The summed E-state index contributed by atoms with van der Waals surface area (Å²) in [6.07, 6.45) is 4.26. The predicted octanol–water partition coefficient (Wildman–Crippen LogP) is 2.11. The number of methoxy groups -OCH3 is 1. The van der Waals surface area contributed by atoms with E-state index in [4.69, 9.17) is 16.3 Å². The van der Waals surface area contributed by atoms with Crippen molar-refractivity contribution in [2.45, 2.75) is 43.7 Å². The van der Waals surface area contributed by atoms with Crippen molar-refractivity contribution in [3.05, 3.63) is 0 Å². The molecule has 2 fully saturated rings. The number of hydrogen-bond acceptors (Lipinski definition) is 2. The molecule has 1 aliphatic heterocycles. The number of hydrogen-bond donors (Lipinski definition) is 0. The Kier molecular flexibility index (Phi) is 3.35. The van der Waals surface area contributed by atoms with Gasteiger partial charge in [0.15, 0.2) is 0 Å². The standard InChI is InChI=1S/C11H20ClNO/c1-8-6-13(7-9(8)12)10-4-3-5-11(10)14-2/h8-11H,3-7H2,1-2H3. The molecule has 3 heteroatoms. The number of ether oxygens (including phenoxy) is 1. The van der Waals surface area contributed by atoms with E-state index in [2.05, 4.69) is 11.8 Å². The second kappa shape index (κ2) is 4.38. The van der Waals surface area contributed by atoms with Crippen LogP contribution in [0.25, 0.3) is 0 Å². The van der Waals surface area contributed by atoms with Gasteiger partial charge in [-0.05, 0) is 25.2 Å². The molecule has 1 aliphatic carbocycles. The van der Waals surface area contributed by atoms with Crippen LogP contribution in [0.4, 0.5) is 0 Å². The van der Waals surface area contributed by atoms with E-state index in [9.17, 15) is 0 Å². The highest BCUT2D eigenvalue weighted by Gasteiger charge is 2.38. The first kappa shape index (κ1) is 10.7. The maximum Gasteiger partial charge on any atom is 0.0726 e. The molecule has 82 valence electrons. The summed E-state index contributed by atoms with van der Waals surface area (Å²) in [6.45, 7) is 4.44. The van der Waals surface area contributed by atoms with Gasteiger partial charge in [-0.2, -0.15) is 0 Å². The minimum absolute atomic E-state index is 0.341. The molecule has 2 rings (SSSR count). The van der Waals surface area contributed by atoms with Crippen LogP contribution in [0.3, 0.4) is 0 Å². The van der Waals surface area contributed by atoms with Crippen molar-refractivity contribution in [2.75, 3.05) is 20.2 Å². The molecule has 0 aromatic heterocycles. The Balaban J connectivity index is 1.95. The van der Waals surface area contributed by atoms with Crippen LogP contribution in [-0.2, 0) is 4.74 Å². The summed E-state index contributed by atoms with van der Waals surface area (Å²) < 4.78 is 5.52. The van der Waals surface area contributed by atoms with Gasteiger partial charge in [0, 0.05) is 26.2 Å². The molecular formula is C11H20ClNO. The predicted molar refractivity (Wildman–Crippen MR) is 58.8 cm³/mol. The van der Waals surface area contributed by atoms with Gasteiger partial charge in [0.1, 0.15) is 0 Å². The Labute approximate surface area is 91.6 Å². The molecule has 14 heavy (non-hydrogen) atoms. The van der Waals surface area contributed by atoms with Gasteiger partial charge < -0.3 is 4.74 Å². The summed E-state index contributed by atoms with van der Waals surface area (Å²) in [4.78, 5) is 2.53. The molecule has 0 N–H and O–H groups in total. The molecule has 4 unspecified atom stereocenters. The van der Waals surface area contributed by atoms with E-state index in [1.807, 2.05) is 7.11 Å². The third-order valence-electron chi connectivity index (χ3n) is 3.74. The number of rotatable bonds is 2. The number of alkyl halides is 1. The molecule has 2 aliphatic rings. The molecule has 4 atom stereocenters. The van der Waals surface area contributed by atoms with E-state index in [1.165, 1.54) is 19.3 Å². The minimum atomic E-state index is 0.341. The fourth-order valence-electron chi connectivity index (χ4n) is 2.83. The zero-order valence-electron chi connectivity index (χ0n) is 9.08. The first-order valence-corrected chi connectivity index (χ1v) is 6.07. The zero-order valence-corrected chi connectivity index (χ0v) is 9.83. The average Bonchev–Trinajstić information content (AvgIpc) is 2.73. The number of halogens is 1. The van der Waals surface area contributed by atoms with Crippen LogP contribution in [0.1, 0.15) is 26.2 Å². The van der Waals surface area contributed by atoms with E-state index < -0.39 is 0 Å². The molecule has 1 saturated carbocycles. The van der Waals surface area contributed by atoms with Crippen LogP contribution in [0, 0.1) is 5.92 Å². The van der Waals surface area contributed by atoms with Crippen LogP contribution in [0.15, 0.2) is 0 Å². The molecule has 1 saturated heterocycles. The summed E-state index contributed by atoms with van der Waals surface area (Å²) in [5.74, 6) is 0.634. The minimum Gasteiger partial charge on any atom is -0.380 e. The third-order valence-corrected chi connectivity index (χ3v) is 4.31. The molecule has 0 spiro atoms. The highest BCUT2D eigenvalue weighted by atomic mass is 35.5. The number of nitrogens with zero attached hydrogens (tertiary/aromatic N) is 1. The SMILES string of the molecule is COC1CCCC1N1CC(C)C(Cl)C1. The molecular weight excluding hydrogens is 198 g/mol. The largest absolute Gasteiger partial charge is 0.380 e. The van der Waals surface area contributed by atoms with Gasteiger partial charge in [-0.25, -0.2) is 0 Å².